The third-order valence-electron chi connectivity index (χ3n) is 5.83. The predicted octanol–water partition coefficient (Wildman–Crippen LogP) is 4.41. The SMILES string of the molecule is CC(=O)OCc1ccc(-c2nc(CC3=CNC4C=CC=CC34)nnc2-c2ccccc2)cc1. The first-order chi connectivity index (χ1) is 16.2. The Morgan fingerprint density at radius 2 is 1.70 bits per heavy atom. The minimum atomic E-state index is -0.295. The monoisotopic (exact) mass is 436 g/mol. The van der Waals surface area contributed by atoms with E-state index < -0.39 is 0 Å². The first-order valence-electron chi connectivity index (χ1n) is 11.0. The molecular weight excluding hydrogens is 412 g/mol. The molecule has 2 aromatic carbocycles. The van der Waals surface area contributed by atoms with Crippen molar-refractivity contribution in [2.75, 3.05) is 0 Å². The predicted molar refractivity (Wildman–Crippen MR) is 127 cm³/mol. The Morgan fingerprint density at radius 1 is 0.939 bits per heavy atom. The molecule has 1 N–H and O–H groups in total. The van der Waals surface area contributed by atoms with Gasteiger partial charge in [0.1, 0.15) is 18.0 Å². The quantitative estimate of drug-likeness (QED) is 0.577. The highest BCUT2D eigenvalue weighted by Gasteiger charge is 2.27. The number of nitrogens with zero attached hydrogens (tertiary/aromatic N) is 3. The number of hydrogen-bond donors (Lipinski definition) is 1. The molecule has 1 aliphatic carbocycles. The summed E-state index contributed by atoms with van der Waals surface area (Å²) in [4.78, 5) is 16.1. The van der Waals surface area contributed by atoms with Gasteiger partial charge in [-0.1, -0.05) is 78.9 Å². The molecule has 0 amide bonds. The van der Waals surface area contributed by atoms with Crippen molar-refractivity contribution in [1.29, 1.82) is 0 Å². The molecule has 0 radical (unpaired) electrons. The highest BCUT2D eigenvalue weighted by Crippen LogP contribution is 2.31. The number of carbonyl (C=O) groups is 1. The molecule has 2 aliphatic rings. The summed E-state index contributed by atoms with van der Waals surface area (Å²) in [6.45, 7) is 1.66. The van der Waals surface area contributed by atoms with Crippen LogP contribution < -0.4 is 5.32 Å². The zero-order valence-electron chi connectivity index (χ0n) is 18.3. The van der Waals surface area contributed by atoms with E-state index >= 15 is 0 Å². The van der Waals surface area contributed by atoms with Crippen LogP contribution in [0.25, 0.3) is 22.5 Å². The topological polar surface area (TPSA) is 77.0 Å². The van der Waals surface area contributed by atoms with Crippen LogP contribution in [0.5, 0.6) is 0 Å². The van der Waals surface area contributed by atoms with Crippen molar-refractivity contribution in [3.63, 3.8) is 0 Å². The number of ether oxygens (including phenoxy) is 1. The van der Waals surface area contributed by atoms with E-state index in [1.54, 1.807) is 0 Å². The summed E-state index contributed by atoms with van der Waals surface area (Å²) in [5.74, 6) is 0.707. The summed E-state index contributed by atoms with van der Waals surface area (Å²) in [7, 11) is 0. The lowest BCUT2D eigenvalue weighted by Gasteiger charge is -2.18. The van der Waals surface area contributed by atoms with Crippen LogP contribution in [0.15, 0.2) is 90.7 Å². The van der Waals surface area contributed by atoms with Gasteiger partial charge in [-0.2, -0.15) is 0 Å². The van der Waals surface area contributed by atoms with Gasteiger partial charge in [0.05, 0.1) is 6.04 Å². The normalized spacial score (nSPS) is 18.4. The minimum Gasteiger partial charge on any atom is -0.461 e. The van der Waals surface area contributed by atoms with Gasteiger partial charge in [0.2, 0.25) is 0 Å². The van der Waals surface area contributed by atoms with Crippen molar-refractivity contribution in [3.05, 3.63) is 102 Å². The van der Waals surface area contributed by atoms with E-state index in [0.717, 1.165) is 28.1 Å². The highest BCUT2D eigenvalue weighted by atomic mass is 16.5. The molecule has 0 bridgehead atoms. The lowest BCUT2D eigenvalue weighted by molar-refractivity contribution is -0.142. The maximum Gasteiger partial charge on any atom is 0.302 e. The van der Waals surface area contributed by atoms with Crippen LogP contribution in [0.1, 0.15) is 18.3 Å². The van der Waals surface area contributed by atoms with Crippen LogP contribution in [0.4, 0.5) is 0 Å². The van der Waals surface area contributed by atoms with Gasteiger partial charge < -0.3 is 10.1 Å². The number of carbonyl (C=O) groups excluding carboxylic acids is 1. The second kappa shape index (κ2) is 9.20. The molecule has 6 nitrogen and oxygen atoms in total. The summed E-state index contributed by atoms with van der Waals surface area (Å²) in [6.07, 6.45) is 11.3. The lowest BCUT2D eigenvalue weighted by atomic mass is 9.89. The van der Waals surface area contributed by atoms with Crippen molar-refractivity contribution in [2.45, 2.75) is 26.0 Å². The molecule has 1 aliphatic heterocycles. The zero-order valence-corrected chi connectivity index (χ0v) is 18.3. The van der Waals surface area contributed by atoms with Crippen LogP contribution >= 0.6 is 0 Å². The van der Waals surface area contributed by atoms with Crippen molar-refractivity contribution in [3.8, 4) is 22.5 Å². The maximum atomic E-state index is 11.1. The molecule has 2 atom stereocenters. The van der Waals surface area contributed by atoms with Gasteiger partial charge in [-0.05, 0) is 17.3 Å². The van der Waals surface area contributed by atoms with Gasteiger partial charge in [0, 0.05) is 30.4 Å². The van der Waals surface area contributed by atoms with Crippen molar-refractivity contribution in [1.82, 2.24) is 20.5 Å². The van der Waals surface area contributed by atoms with Gasteiger partial charge >= 0.3 is 5.97 Å². The summed E-state index contributed by atoms with van der Waals surface area (Å²) in [5.41, 5.74) is 5.59. The summed E-state index contributed by atoms with van der Waals surface area (Å²) in [6, 6.07) is 18.1. The van der Waals surface area contributed by atoms with Crippen molar-refractivity contribution in [2.24, 2.45) is 5.92 Å². The summed E-state index contributed by atoms with van der Waals surface area (Å²) < 4.78 is 5.10. The summed E-state index contributed by atoms with van der Waals surface area (Å²) in [5, 5.41) is 12.5. The Morgan fingerprint density at radius 3 is 2.48 bits per heavy atom. The average molecular weight is 437 g/mol. The van der Waals surface area contributed by atoms with Gasteiger partial charge in [0.15, 0.2) is 5.82 Å². The number of allylic oxidation sites excluding steroid dienone is 2. The molecular formula is C27H24N4O2. The van der Waals surface area contributed by atoms with Crippen LogP contribution in [0.3, 0.4) is 0 Å². The molecule has 33 heavy (non-hydrogen) atoms. The Balaban J connectivity index is 1.47. The Hall–Kier alpha value is -4.06. The molecule has 2 heterocycles. The van der Waals surface area contributed by atoms with Gasteiger partial charge in [-0.15, -0.1) is 10.2 Å². The number of nitrogens with one attached hydrogen (secondary N) is 1. The smallest absolute Gasteiger partial charge is 0.302 e. The van der Waals surface area contributed by atoms with Crippen LogP contribution in [0.2, 0.25) is 0 Å². The van der Waals surface area contributed by atoms with Crippen LogP contribution in [-0.2, 0) is 22.6 Å². The molecule has 1 aromatic heterocycles. The van der Waals surface area contributed by atoms with E-state index in [1.807, 2.05) is 54.6 Å². The number of aromatic nitrogens is 3. The third-order valence-corrected chi connectivity index (χ3v) is 5.83. The first-order valence-corrected chi connectivity index (χ1v) is 11.0. The molecule has 2 unspecified atom stereocenters. The molecule has 3 aromatic rings. The second-order valence-corrected chi connectivity index (χ2v) is 8.15. The number of esters is 1. The molecule has 5 rings (SSSR count). The third kappa shape index (κ3) is 4.60. The number of fused-ring (bicyclic) bond motifs is 1. The molecule has 0 fully saturated rings. The van der Waals surface area contributed by atoms with E-state index in [2.05, 4.69) is 46.0 Å². The van der Waals surface area contributed by atoms with E-state index in [9.17, 15) is 4.79 Å². The van der Waals surface area contributed by atoms with Crippen LogP contribution in [-0.4, -0.2) is 27.2 Å². The Kier molecular flexibility index (Phi) is 5.81. The molecule has 0 saturated carbocycles. The average Bonchev–Trinajstić information content (AvgIpc) is 3.26. The Labute approximate surface area is 192 Å². The fraction of sp³-hybridized carbons (Fsp3) is 0.185. The maximum absolute atomic E-state index is 11.1. The standard InChI is InChI=1S/C27H24N4O2/c1-18(32)33-17-19-11-13-21(14-12-19)26-27(20-7-3-2-4-8-20)31-30-25(29-26)15-22-16-28-24-10-6-5-9-23(22)24/h2-14,16,23-24,28H,15,17H2,1H3. The van der Waals surface area contributed by atoms with E-state index in [0.29, 0.717) is 24.2 Å². The van der Waals surface area contributed by atoms with Gasteiger partial charge in [0.25, 0.3) is 0 Å². The van der Waals surface area contributed by atoms with E-state index in [4.69, 9.17) is 9.72 Å². The minimum absolute atomic E-state index is 0.250. The molecule has 0 spiro atoms. The Bertz CT molecular complexity index is 1250. The number of hydrogen-bond acceptors (Lipinski definition) is 6. The van der Waals surface area contributed by atoms with Gasteiger partial charge in [-0.25, -0.2) is 4.98 Å². The largest absolute Gasteiger partial charge is 0.461 e. The molecule has 0 saturated heterocycles. The fourth-order valence-corrected chi connectivity index (χ4v) is 4.14. The first kappa shape index (κ1) is 20.8. The lowest BCUT2D eigenvalue weighted by Crippen LogP contribution is -2.25. The summed E-state index contributed by atoms with van der Waals surface area (Å²) >= 11 is 0. The van der Waals surface area contributed by atoms with Crippen LogP contribution in [0, 0.1) is 5.92 Å². The zero-order chi connectivity index (χ0) is 22.6. The van der Waals surface area contributed by atoms with E-state index in [1.165, 1.54) is 12.5 Å². The van der Waals surface area contributed by atoms with E-state index in [-0.39, 0.29) is 12.6 Å². The number of benzene rings is 2. The van der Waals surface area contributed by atoms with Gasteiger partial charge in [-0.3, -0.25) is 4.79 Å². The second-order valence-electron chi connectivity index (χ2n) is 8.15. The van der Waals surface area contributed by atoms with Crippen molar-refractivity contribution >= 4 is 5.97 Å². The fourth-order valence-electron chi connectivity index (χ4n) is 4.14. The highest BCUT2D eigenvalue weighted by molar-refractivity contribution is 5.77. The van der Waals surface area contributed by atoms with Crippen molar-refractivity contribution < 1.29 is 9.53 Å². The molecule has 164 valence electrons. The number of rotatable bonds is 6. The molecule has 6 heteroatoms.